The Bertz CT molecular complexity index is 417. The highest BCUT2D eigenvalue weighted by molar-refractivity contribution is 7.09. The Balaban J connectivity index is 2.75. The van der Waals surface area contributed by atoms with Crippen LogP contribution in [0.15, 0.2) is 5.38 Å². The number of carbonyl (C=O) groups is 2. The van der Waals surface area contributed by atoms with Gasteiger partial charge in [0.25, 0.3) is 0 Å². The van der Waals surface area contributed by atoms with Gasteiger partial charge in [-0.1, -0.05) is 0 Å². The molecule has 0 aliphatic heterocycles. The number of carboxylic acids is 1. The van der Waals surface area contributed by atoms with Crippen LogP contribution in [0.4, 0.5) is 0 Å². The minimum atomic E-state index is -1.47. The van der Waals surface area contributed by atoms with Gasteiger partial charge in [0.05, 0.1) is 19.6 Å². The van der Waals surface area contributed by atoms with Crippen LogP contribution in [0.1, 0.15) is 28.0 Å². The zero-order chi connectivity index (χ0) is 13.0. The molecule has 1 heterocycles. The fraction of sp³-hybridized carbons (Fsp3) is 0.444. The van der Waals surface area contributed by atoms with Crippen molar-refractivity contribution >= 4 is 23.3 Å². The van der Waals surface area contributed by atoms with Crippen LogP contribution in [0.5, 0.6) is 0 Å². The molecule has 0 amide bonds. The van der Waals surface area contributed by atoms with Crippen molar-refractivity contribution in [2.24, 2.45) is 0 Å². The molecule has 0 fully saturated rings. The van der Waals surface area contributed by atoms with Crippen LogP contribution < -0.4 is 0 Å². The molecule has 7 nitrogen and oxygen atoms in total. The maximum atomic E-state index is 11.1. The quantitative estimate of drug-likeness (QED) is 0.628. The molecule has 0 saturated carbocycles. The van der Waals surface area contributed by atoms with Crippen molar-refractivity contribution in [3.8, 4) is 0 Å². The number of aromatic nitrogens is 1. The van der Waals surface area contributed by atoms with Gasteiger partial charge in [-0.05, 0) is 0 Å². The number of thiazole rings is 1. The van der Waals surface area contributed by atoms with Crippen LogP contribution in [-0.4, -0.2) is 45.5 Å². The summed E-state index contributed by atoms with van der Waals surface area (Å²) >= 11 is 0.942. The Hall–Kier alpha value is -1.51. The molecule has 0 radical (unpaired) electrons. The Kier molecular flexibility index (Phi) is 4.55. The number of carbonyl (C=O) groups excluding carboxylic acids is 1. The number of carboxylic acid groups (broad SMARTS) is 1. The Morgan fingerprint density at radius 2 is 2.18 bits per heavy atom. The molecule has 8 heteroatoms. The molecule has 94 valence electrons. The number of aliphatic hydroxyl groups excluding tert-OH is 2. The minimum Gasteiger partial charge on any atom is -0.481 e. The lowest BCUT2D eigenvalue weighted by molar-refractivity contribution is -0.141. The third-order valence-electron chi connectivity index (χ3n) is 1.92. The molecule has 2 unspecified atom stereocenters. The summed E-state index contributed by atoms with van der Waals surface area (Å²) in [5, 5.41) is 28.8. The summed E-state index contributed by atoms with van der Waals surface area (Å²) in [7, 11) is 1.19. The fourth-order valence-corrected chi connectivity index (χ4v) is 1.91. The van der Waals surface area contributed by atoms with Crippen molar-refractivity contribution in [1.82, 2.24) is 4.98 Å². The van der Waals surface area contributed by atoms with E-state index in [1.165, 1.54) is 12.5 Å². The van der Waals surface area contributed by atoms with Crippen LogP contribution >= 0.6 is 11.3 Å². The largest absolute Gasteiger partial charge is 0.481 e. The van der Waals surface area contributed by atoms with Gasteiger partial charge >= 0.3 is 11.9 Å². The third-order valence-corrected chi connectivity index (χ3v) is 2.83. The minimum absolute atomic E-state index is 0.00840. The van der Waals surface area contributed by atoms with Crippen molar-refractivity contribution < 1.29 is 29.6 Å². The van der Waals surface area contributed by atoms with E-state index in [1.807, 2.05) is 0 Å². The van der Waals surface area contributed by atoms with Gasteiger partial charge in [0.1, 0.15) is 11.1 Å². The summed E-state index contributed by atoms with van der Waals surface area (Å²) in [5.41, 5.74) is 0.00840. The van der Waals surface area contributed by atoms with E-state index < -0.39 is 30.6 Å². The molecule has 1 aromatic rings. The summed E-state index contributed by atoms with van der Waals surface area (Å²) in [6, 6.07) is 0. The topological polar surface area (TPSA) is 117 Å². The van der Waals surface area contributed by atoms with E-state index in [9.17, 15) is 19.8 Å². The summed E-state index contributed by atoms with van der Waals surface area (Å²) in [6.07, 6.45) is -3.51. The first-order valence-electron chi connectivity index (χ1n) is 4.57. The Morgan fingerprint density at radius 3 is 2.71 bits per heavy atom. The normalized spacial score (nSPS) is 14.1. The predicted molar refractivity (Wildman–Crippen MR) is 56.7 cm³/mol. The molecule has 0 bridgehead atoms. The molecular formula is C9H11NO6S. The van der Waals surface area contributed by atoms with Crippen molar-refractivity contribution in [2.75, 3.05) is 7.11 Å². The highest BCUT2D eigenvalue weighted by Crippen LogP contribution is 2.23. The zero-order valence-corrected chi connectivity index (χ0v) is 9.68. The summed E-state index contributed by atoms with van der Waals surface area (Å²) in [4.78, 5) is 25.2. The second kappa shape index (κ2) is 5.71. The third kappa shape index (κ3) is 3.48. The Morgan fingerprint density at radius 1 is 1.53 bits per heavy atom. The average Bonchev–Trinajstić information content (AvgIpc) is 2.75. The number of esters is 1. The SMILES string of the molecule is COC(=O)c1csc(C(O)C(O)CC(=O)O)n1. The molecule has 17 heavy (non-hydrogen) atoms. The van der Waals surface area contributed by atoms with Crippen molar-refractivity contribution in [2.45, 2.75) is 18.6 Å². The summed E-state index contributed by atoms with van der Waals surface area (Å²) in [6.45, 7) is 0. The van der Waals surface area contributed by atoms with Crippen LogP contribution in [0, 0.1) is 0 Å². The van der Waals surface area contributed by atoms with E-state index in [0.29, 0.717) is 0 Å². The maximum absolute atomic E-state index is 11.1. The van der Waals surface area contributed by atoms with Crippen molar-refractivity contribution in [3.05, 3.63) is 16.1 Å². The van der Waals surface area contributed by atoms with Gasteiger partial charge in [0, 0.05) is 5.38 Å². The van der Waals surface area contributed by atoms with E-state index in [1.54, 1.807) is 0 Å². The lowest BCUT2D eigenvalue weighted by atomic mass is 10.1. The molecule has 0 spiro atoms. The van der Waals surface area contributed by atoms with Crippen molar-refractivity contribution in [1.29, 1.82) is 0 Å². The second-order valence-electron chi connectivity index (χ2n) is 3.17. The van der Waals surface area contributed by atoms with E-state index >= 15 is 0 Å². The molecular weight excluding hydrogens is 250 g/mol. The highest BCUT2D eigenvalue weighted by atomic mass is 32.1. The number of hydrogen-bond donors (Lipinski definition) is 3. The number of hydrogen-bond acceptors (Lipinski definition) is 7. The summed E-state index contributed by atoms with van der Waals surface area (Å²) in [5.74, 6) is -1.89. The Labute approximate surface area is 100 Å². The van der Waals surface area contributed by atoms with Gasteiger partial charge < -0.3 is 20.1 Å². The van der Waals surface area contributed by atoms with E-state index in [4.69, 9.17) is 5.11 Å². The molecule has 0 aliphatic carbocycles. The predicted octanol–water partition coefficient (Wildman–Crippen LogP) is -0.201. The van der Waals surface area contributed by atoms with Crippen LogP contribution in [0.25, 0.3) is 0 Å². The first kappa shape index (κ1) is 13.6. The van der Waals surface area contributed by atoms with Gasteiger partial charge in [0.2, 0.25) is 0 Å². The number of ether oxygens (including phenoxy) is 1. The smallest absolute Gasteiger partial charge is 0.357 e. The van der Waals surface area contributed by atoms with Gasteiger partial charge in [-0.2, -0.15) is 0 Å². The fourth-order valence-electron chi connectivity index (χ4n) is 1.08. The lowest BCUT2D eigenvalue weighted by Crippen LogP contribution is -2.21. The number of aliphatic hydroxyl groups is 2. The molecule has 1 aromatic heterocycles. The van der Waals surface area contributed by atoms with E-state index in [-0.39, 0.29) is 10.7 Å². The number of aliphatic carboxylic acids is 1. The van der Waals surface area contributed by atoms with Crippen LogP contribution in [-0.2, 0) is 9.53 Å². The van der Waals surface area contributed by atoms with Gasteiger partial charge in [-0.3, -0.25) is 4.79 Å². The number of methoxy groups -OCH3 is 1. The molecule has 0 saturated heterocycles. The van der Waals surface area contributed by atoms with Crippen molar-refractivity contribution in [3.63, 3.8) is 0 Å². The van der Waals surface area contributed by atoms with E-state index in [0.717, 1.165) is 11.3 Å². The number of nitrogens with zero attached hydrogens (tertiary/aromatic N) is 1. The molecule has 2 atom stereocenters. The average molecular weight is 261 g/mol. The first-order valence-corrected chi connectivity index (χ1v) is 5.45. The molecule has 0 aromatic carbocycles. The maximum Gasteiger partial charge on any atom is 0.357 e. The molecule has 1 rings (SSSR count). The van der Waals surface area contributed by atoms with Crippen LogP contribution in [0.3, 0.4) is 0 Å². The van der Waals surface area contributed by atoms with Crippen LogP contribution in [0.2, 0.25) is 0 Å². The molecule has 0 aliphatic rings. The number of rotatable bonds is 5. The standard InChI is InChI=1S/C9H11NO6S/c1-16-9(15)4-3-17-8(10-4)7(14)5(11)2-6(12)13/h3,5,7,11,14H,2H2,1H3,(H,12,13). The van der Waals surface area contributed by atoms with Gasteiger partial charge in [0.15, 0.2) is 5.69 Å². The highest BCUT2D eigenvalue weighted by Gasteiger charge is 2.25. The second-order valence-corrected chi connectivity index (χ2v) is 4.06. The summed E-state index contributed by atoms with van der Waals surface area (Å²) < 4.78 is 4.42. The first-order chi connectivity index (χ1) is 7.95. The van der Waals surface area contributed by atoms with E-state index in [2.05, 4.69) is 9.72 Å². The monoisotopic (exact) mass is 261 g/mol. The van der Waals surface area contributed by atoms with Gasteiger partial charge in [-0.25, -0.2) is 9.78 Å². The molecule has 3 N–H and O–H groups in total. The zero-order valence-electron chi connectivity index (χ0n) is 8.86. The van der Waals surface area contributed by atoms with Gasteiger partial charge in [-0.15, -0.1) is 11.3 Å². The lowest BCUT2D eigenvalue weighted by Gasteiger charge is -2.12.